The molecule has 0 spiro atoms. The number of nitrogens with one attached hydrogen (secondary N) is 2. The Kier molecular flexibility index (Phi) is 5.36. The largest absolute Gasteiger partial charge is 0.389 e. The van der Waals surface area contributed by atoms with Crippen LogP contribution in [-0.2, 0) is 4.79 Å². The van der Waals surface area contributed by atoms with Crippen molar-refractivity contribution in [3.05, 3.63) is 24.0 Å². The Bertz CT molecular complexity index is 849. The van der Waals surface area contributed by atoms with Crippen molar-refractivity contribution in [1.29, 1.82) is 0 Å². The van der Waals surface area contributed by atoms with E-state index in [-0.39, 0.29) is 12.1 Å². The third-order valence-corrected chi connectivity index (χ3v) is 4.65. The van der Waals surface area contributed by atoms with Gasteiger partial charge < -0.3 is 16.1 Å². The standard InChI is InChI=1S/C17H20F3N5O2/c18-17(19,20)5-3-13(26)10-2-1-7-25(9-10)24-14-11-4-6-22-16(11)23-8-12(14)15(21)27/h4,6,8,10H,1-3,5,7,9H2,(H2,21,27)(H2,22,23,24)/t10-/m1/s1. The number of nitrogens with two attached hydrogens (primary N) is 1. The third kappa shape index (κ3) is 4.57. The van der Waals surface area contributed by atoms with Gasteiger partial charge in [-0.2, -0.15) is 13.2 Å². The Labute approximate surface area is 153 Å². The fourth-order valence-corrected chi connectivity index (χ4v) is 3.28. The highest BCUT2D eigenvalue weighted by molar-refractivity contribution is 6.05. The highest BCUT2D eigenvalue weighted by atomic mass is 19.4. The number of primary amides is 1. The lowest BCUT2D eigenvalue weighted by atomic mass is 9.92. The number of aromatic nitrogens is 2. The van der Waals surface area contributed by atoms with E-state index in [4.69, 9.17) is 5.73 Å². The van der Waals surface area contributed by atoms with Gasteiger partial charge >= 0.3 is 6.18 Å². The number of ketones is 1. The Morgan fingerprint density at radius 2 is 2.19 bits per heavy atom. The van der Waals surface area contributed by atoms with E-state index in [1.54, 1.807) is 17.3 Å². The van der Waals surface area contributed by atoms with Crippen molar-refractivity contribution >= 4 is 28.4 Å². The number of fused-ring (bicyclic) bond motifs is 1. The van der Waals surface area contributed by atoms with Crippen LogP contribution in [0.2, 0.25) is 0 Å². The molecule has 0 unspecified atom stereocenters. The summed E-state index contributed by atoms with van der Waals surface area (Å²) in [5.41, 5.74) is 9.78. The molecular formula is C17H20F3N5O2. The molecule has 1 fully saturated rings. The lowest BCUT2D eigenvalue weighted by molar-refractivity contribution is -0.145. The molecule has 3 rings (SSSR count). The van der Waals surface area contributed by atoms with Gasteiger partial charge in [-0.05, 0) is 18.9 Å². The summed E-state index contributed by atoms with van der Waals surface area (Å²) in [7, 11) is 0. The first kappa shape index (κ1) is 19.2. The summed E-state index contributed by atoms with van der Waals surface area (Å²) in [6.07, 6.45) is -1.71. The van der Waals surface area contributed by atoms with Crippen LogP contribution in [0.1, 0.15) is 36.0 Å². The van der Waals surface area contributed by atoms with Crippen LogP contribution in [0.25, 0.3) is 11.0 Å². The van der Waals surface area contributed by atoms with Crippen molar-refractivity contribution in [2.24, 2.45) is 11.7 Å². The van der Waals surface area contributed by atoms with Gasteiger partial charge in [-0.25, -0.2) is 9.99 Å². The molecule has 1 aliphatic heterocycles. The number of hydrogen-bond donors (Lipinski definition) is 3. The van der Waals surface area contributed by atoms with Crippen LogP contribution < -0.4 is 11.2 Å². The summed E-state index contributed by atoms with van der Waals surface area (Å²) in [5.74, 6) is -1.52. The first-order valence-electron chi connectivity index (χ1n) is 8.61. The molecule has 0 bridgehead atoms. The van der Waals surface area contributed by atoms with E-state index in [0.717, 1.165) is 0 Å². The molecule has 1 aliphatic rings. The summed E-state index contributed by atoms with van der Waals surface area (Å²) in [5, 5.41) is 2.41. The highest BCUT2D eigenvalue weighted by Crippen LogP contribution is 2.28. The number of H-pyrrole nitrogens is 1. The number of piperidine rings is 1. The predicted octanol–water partition coefficient (Wildman–Crippen LogP) is 2.61. The minimum atomic E-state index is -4.34. The quantitative estimate of drug-likeness (QED) is 0.711. The number of rotatable bonds is 6. The number of carbonyl (C=O) groups excluding carboxylic acids is 2. The second kappa shape index (κ2) is 7.55. The fraction of sp³-hybridized carbons (Fsp3) is 0.471. The summed E-state index contributed by atoms with van der Waals surface area (Å²) >= 11 is 0. The number of hydrazine groups is 1. The van der Waals surface area contributed by atoms with Crippen molar-refractivity contribution in [3.63, 3.8) is 0 Å². The summed E-state index contributed by atoms with van der Waals surface area (Å²) in [4.78, 5) is 30.9. The van der Waals surface area contributed by atoms with Crippen LogP contribution in [0.15, 0.2) is 18.5 Å². The van der Waals surface area contributed by atoms with E-state index in [2.05, 4.69) is 15.4 Å². The molecule has 0 saturated carbocycles. The number of anilines is 1. The molecule has 0 aliphatic carbocycles. The van der Waals surface area contributed by atoms with E-state index in [0.29, 0.717) is 36.1 Å². The third-order valence-electron chi connectivity index (χ3n) is 4.65. The summed E-state index contributed by atoms with van der Waals surface area (Å²) < 4.78 is 37.1. The molecule has 3 heterocycles. The Hall–Kier alpha value is -2.62. The zero-order valence-corrected chi connectivity index (χ0v) is 14.5. The van der Waals surface area contributed by atoms with Gasteiger partial charge in [-0.3, -0.25) is 9.59 Å². The Morgan fingerprint density at radius 3 is 2.89 bits per heavy atom. The Morgan fingerprint density at radius 1 is 1.41 bits per heavy atom. The van der Waals surface area contributed by atoms with Gasteiger partial charge in [0.05, 0.1) is 17.7 Å². The molecule has 4 N–H and O–H groups in total. The predicted molar refractivity (Wildman–Crippen MR) is 92.8 cm³/mol. The summed E-state index contributed by atoms with van der Waals surface area (Å²) in [6, 6.07) is 1.74. The maximum atomic E-state index is 12.4. The number of Topliss-reactive ketones (excluding diaryl/α,β-unsaturated/α-hetero) is 1. The SMILES string of the molecule is NC(=O)c1cnc2[nH]ccc2c1NN1CCC[C@@H](C(=O)CCC(F)(F)F)C1. The fourth-order valence-electron chi connectivity index (χ4n) is 3.28. The van der Waals surface area contributed by atoms with Crippen molar-refractivity contribution < 1.29 is 22.8 Å². The normalized spacial score (nSPS) is 18.6. The maximum Gasteiger partial charge on any atom is 0.389 e. The highest BCUT2D eigenvalue weighted by Gasteiger charge is 2.32. The topological polar surface area (TPSA) is 104 Å². The second-order valence-corrected chi connectivity index (χ2v) is 6.63. The Balaban J connectivity index is 1.73. The molecule has 146 valence electrons. The smallest absolute Gasteiger partial charge is 0.365 e. The van der Waals surface area contributed by atoms with Crippen molar-refractivity contribution in [3.8, 4) is 0 Å². The zero-order chi connectivity index (χ0) is 19.6. The maximum absolute atomic E-state index is 12.4. The number of nitrogens with zero attached hydrogens (tertiary/aromatic N) is 2. The molecule has 27 heavy (non-hydrogen) atoms. The molecule has 1 amide bonds. The molecule has 10 heteroatoms. The number of amides is 1. The van der Waals surface area contributed by atoms with E-state index in [9.17, 15) is 22.8 Å². The number of halogens is 3. The van der Waals surface area contributed by atoms with Crippen LogP contribution in [-0.4, -0.2) is 45.9 Å². The lowest BCUT2D eigenvalue weighted by Crippen LogP contribution is -2.42. The van der Waals surface area contributed by atoms with E-state index < -0.39 is 36.6 Å². The lowest BCUT2D eigenvalue weighted by Gasteiger charge is -2.33. The van der Waals surface area contributed by atoms with Crippen LogP contribution in [0.4, 0.5) is 18.9 Å². The van der Waals surface area contributed by atoms with Crippen LogP contribution in [0.3, 0.4) is 0 Å². The average Bonchev–Trinajstić information content (AvgIpc) is 3.08. The van der Waals surface area contributed by atoms with Gasteiger partial charge in [-0.1, -0.05) is 0 Å². The molecule has 7 nitrogen and oxygen atoms in total. The summed E-state index contributed by atoms with van der Waals surface area (Å²) in [6.45, 7) is 0.860. The van der Waals surface area contributed by atoms with Gasteiger partial charge in [0.25, 0.3) is 5.91 Å². The van der Waals surface area contributed by atoms with Crippen molar-refractivity contribution in [1.82, 2.24) is 15.0 Å². The molecule has 2 aromatic heterocycles. The minimum Gasteiger partial charge on any atom is -0.365 e. The second-order valence-electron chi connectivity index (χ2n) is 6.63. The zero-order valence-electron chi connectivity index (χ0n) is 14.5. The van der Waals surface area contributed by atoms with Gasteiger partial charge in [0, 0.05) is 43.2 Å². The first-order chi connectivity index (χ1) is 12.7. The average molecular weight is 383 g/mol. The molecule has 2 aromatic rings. The number of alkyl halides is 3. The molecule has 0 radical (unpaired) electrons. The van der Waals surface area contributed by atoms with Crippen LogP contribution >= 0.6 is 0 Å². The number of carbonyl (C=O) groups is 2. The number of aromatic amines is 1. The van der Waals surface area contributed by atoms with Gasteiger partial charge in [-0.15, -0.1) is 0 Å². The van der Waals surface area contributed by atoms with E-state index in [1.165, 1.54) is 6.20 Å². The van der Waals surface area contributed by atoms with Gasteiger partial charge in [0.2, 0.25) is 0 Å². The van der Waals surface area contributed by atoms with Crippen LogP contribution in [0.5, 0.6) is 0 Å². The molecule has 0 aromatic carbocycles. The van der Waals surface area contributed by atoms with Crippen molar-refractivity contribution in [2.45, 2.75) is 31.9 Å². The first-order valence-corrected chi connectivity index (χ1v) is 8.61. The minimum absolute atomic E-state index is 0.202. The van der Waals surface area contributed by atoms with E-state index in [1.807, 2.05) is 0 Å². The monoisotopic (exact) mass is 383 g/mol. The van der Waals surface area contributed by atoms with Crippen molar-refractivity contribution in [2.75, 3.05) is 18.5 Å². The molecule has 1 saturated heterocycles. The molecule has 1 atom stereocenters. The van der Waals surface area contributed by atoms with Crippen LogP contribution in [0, 0.1) is 5.92 Å². The van der Waals surface area contributed by atoms with Gasteiger partial charge in [0.1, 0.15) is 11.4 Å². The number of hydrogen-bond acceptors (Lipinski definition) is 5. The number of pyridine rings is 1. The van der Waals surface area contributed by atoms with E-state index >= 15 is 0 Å². The molecular weight excluding hydrogens is 363 g/mol. The van der Waals surface area contributed by atoms with Gasteiger partial charge in [0.15, 0.2) is 0 Å².